The van der Waals surface area contributed by atoms with Crippen LogP contribution >= 0.6 is 0 Å². The second kappa shape index (κ2) is 3.66. The minimum atomic E-state index is -0.921. The van der Waals surface area contributed by atoms with Crippen molar-refractivity contribution in [3.05, 3.63) is 17.0 Å². The highest BCUT2D eigenvalue weighted by molar-refractivity contribution is 5.87. The lowest BCUT2D eigenvalue weighted by Crippen LogP contribution is -2.15. The molecule has 0 saturated carbocycles. The minimum Gasteiger partial charge on any atom is -0.477 e. The Morgan fingerprint density at radius 2 is 2.33 bits per heavy atom. The first-order valence-electron chi connectivity index (χ1n) is 4.99. The number of fused-ring (bicyclic) bond motifs is 1. The van der Waals surface area contributed by atoms with Crippen LogP contribution < -0.4 is 0 Å². The maximum absolute atomic E-state index is 11.1. The van der Waals surface area contributed by atoms with Crippen LogP contribution in [0.3, 0.4) is 0 Å². The summed E-state index contributed by atoms with van der Waals surface area (Å²) >= 11 is 0. The van der Waals surface area contributed by atoms with Crippen molar-refractivity contribution in [1.82, 2.24) is 9.78 Å². The number of hydrogen-bond acceptors (Lipinski definition) is 3. The Bertz CT molecular complexity index is 396. The molecule has 2 rings (SSSR count). The van der Waals surface area contributed by atoms with Crippen LogP contribution in [0.5, 0.6) is 0 Å². The normalized spacial score (nSPS) is 14.6. The van der Waals surface area contributed by atoms with Gasteiger partial charge in [-0.05, 0) is 5.92 Å². The van der Waals surface area contributed by atoms with E-state index in [1.165, 1.54) is 0 Å². The molecular weight excluding hydrogens is 196 g/mol. The Morgan fingerprint density at radius 1 is 1.60 bits per heavy atom. The largest absolute Gasteiger partial charge is 0.477 e. The lowest BCUT2D eigenvalue weighted by molar-refractivity contribution is 0.0673. The topological polar surface area (TPSA) is 64.4 Å². The van der Waals surface area contributed by atoms with Crippen LogP contribution in [0.15, 0.2) is 0 Å². The molecule has 5 nitrogen and oxygen atoms in total. The van der Waals surface area contributed by atoms with Crippen molar-refractivity contribution in [3.8, 4) is 0 Å². The molecule has 0 atom stereocenters. The van der Waals surface area contributed by atoms with E-state index < -0.39 is 5.97 Å². The van der Waals surface area contributed by atoms with Gasteiger partial charge in [0, 0.05) is 12.1 Å². The van der Waals surface area contributed by atoms with E-state index in [0.717, 1.165) is 11.3 Å². The molecule has 1 aliphatic rings. The van der Waals surface area contributed by atoms with Gasteiger partial charge in [0.15, 0.2) is 5.69 Å². The van der Waals surface area contributed by atoms with Crippen LogP contribution in [0.2, 0.25) is 0 Å². The highest BCUT2D eigenvalue weighted by atomic mass is 16.5. The fourth-order valence-corrected chi connectivity index (χ4v) is 1.78. The molecule has 0 bridgehead atoms. The third-order valence-corrected chi connectivity index (χ3v) is 2.36. The number of hydrogen-bond donors (Lipinski definition) is 1. The molecule has 0 amide bonds. The maximum atomic E-state index is 11.1. The molecule has 2 heterocycles. The van der Waals surface area contributed by atoms with Crippen LogP contribution in [-0.2, 0) is 24.5 Å². The van der Waals surface area contributed by atoms with E-state index in [-0.39, 0.29) is 5.69 Å². The van der Waals surface area contributed by atoms with Crippen LogP contribution in [0.4, 0.5) is 0 Å². The summed E-state index contributed by atoms with van der Waals surface area (Å²) in [6, 6.07) is 0. The first-order valence-corrected chi connectivity index (χ1v) is 4.99. The molecule has 1 aromatic rings. The second-order valence-corrected chi connectivity index (χ2v) is 4.15. The van der Waals surface area contributed by atoms with Crippen molar-refractivity contribution in [3.63, 3.8) is 0 Å². The summed E-state index contributed by atoms with van der Waals surface area (Å²) in [7, 11) is 0. The molecule has 0 fully saturated rings. The SMILES string of the molecule is CC(C)Cn1nc2c(c1C(=O)O)COC2. The monoisotopic (exact) mass is 210 g/mol. The van der Waals surface area contributed by atoms with E-state index in [1.807, 2.05) is 13.8 Å². The second-order valence-electron chi connectivity index (χ2n) is 4.15. The molecule has 0 saturated heterocycles. The van der Waals surface area contributed by atoms with Crippen molar-refractivity contribution >= 4 is 5.97 Å². The molecule has 0 unspecified atom stereocenters. The number of rotatable bonds is 3. The molecule has 1 aromatic heterocycles. The molecule has 0 aliphatic carbocycles. The molecule has 1 N–H and O–H groups in total. The van der Waals surface area contributed by atoms with Crippen LogP contribution in [0, 0.1) is 5.92 Å². The molecule has 15 heavy (non-hydrogen) atoms. The zero-order valence-electron chi connectivity index (χ0n) is 8.86. The summed E-state index contributed by atoms with van der Waals surface area (Å²) in [5.41, 5.74) is 1.80. The first kappa shape index (κ1) is 10.2. The van der Waals surface area contributed by atoms with E-state index in [2.05, 4.69) is 5.10 Å². The Morgan fingerprint density at radius 3 is 2.93 bits per heavy atom. The van der Waals surface area contributed by atoms with Crippen molar-refractivity contribution in [2.24, 2.45) is 5.92 Å². The maximum Gasteiger partial charge on any atom is 0.354 e. The quantitative estimate of drug-likeness (QED) is 0.815. The summed E-state index contributed by atoms with van der Waals surface area (Å²) in [5, 5.41) is 13.4. The summed E-state index contributed by atoms with van der Waals surface area (Å²) in [6.07, 6.45) is 0. The number of aromatic carboxylic acids is 1. The third kappa shape index (κ3) is 1.74. The average Bonchev–Trinajstić information content (AvgIpc) is 2.60. The van der Waals surface area contributed by atoms with Crippen molar-refractivity contribution in [1.29, 1.82) is 0 Å². The molecule has 5 heteroatoms. The van der Waals surface area contributed by atoms with Crippen LogP contribution in [-0.4, -0.2) is 20.9 Å². The summed E-state index contributed by atoms with van der Waals surface area (Å²) in [4.78, 5) is 11.1. The van der Waals surface area contributed by atoms with E-state index in [0.29, 0.717) is 25.7 Å². The highest BCUT2D eigenvalue weighted by Crippen LogP contribution is 2.23. The average molecular weight is 210 g/mol. The molecular formula is C10H14N2O3. The van der Waals surface area contributed by atoms with Crippen LogP contribution in [0.1, 0.15) is 35.6 Å². The molecule has 82 valence electrons. The standard InChI is InChI=1S/C10H14N2O3/c1-6(2)3-12-9(10(13)14)7-4-15-5-8(7)11-12/h6H,3-5H2,1-2H3,(H,13,14). The van der Waals surface area contributed by atoms with Crippen LogP contribution in [0.25, 0.3) is 0 Å². The predicted octanol–water partition coefficient (Wildman–Crippen LogP) is 1.27. The minimum absolute atomic E-state index is 0.288. The number of ether oxygens (including phenoxy) is 1. The summed E-state index contributed by atoms with van der Waals surface area (Å²) in [6.45, 7) is 5.51. The molecule has 0 spiro atoms. The molecule has 0 aromatic carbocycles. The van der Waals surface area contributed by atoms with Gasteiger partial charge in [-0.2, -0.15) is 5.10 Å². The van der Waals surface area contributed by atoms with Gasteiger partial charge in [-0.1, -0.05) is 13.8 Å². The third-order valence-electron chi connectivity index (χ3n) is 2.36. The Hall–Kier alpha value is -1.36. The van der Waals surface area contributed by atoms with E-state index in [1.54, 1.807) is 4.68 Å². The van der Waals surface area contributed by atoms with Crippen molar-refractivity contribution in [2.75, 3.05) is 0 Å². The number of carboxylic acid groups (broad SMARTS) is 1. The Balaban J connectivity index is 2.42. The van der Waals surface area contributed by atoms with Gasteiger partial charge in [-0.25, -0.2) is 4.79 Å². The predicted molar refractivity (Wildman–Crippen MR) is 52.5 cm³/mol. The fraction of sp³-hybridized carbons (Fsp3) is 0.600. The zero-order chi connectivity index (χ0) is 11.0. The van der Waals surface area contributed by atoms with Gasteiger partial charge >= 0.3 is 5.97 Å². The van der Waals surface area contributed by atoms with Gasteiger partial charge < -0.3 is 9.84 Å². The van der Waals surface area contributed by atoms with Crippen molar-refractivity contribution in [2.45, 2.75) is 33.6 Å². The van der Waals surface area contributed by atoms with Gasteiger partial charge in [0.2, 0.25) is 0 Å². The van der Waals surface area contributed by atoms with Gasteiger partial charge in [-0.15, -0.1) is 0 Å². The van der Waals surface area contributed by atoms with Crippen molar-refractivity contribution < 1.29 is 14.6 Å². The van der Waals surface area contributed by atoms with Gasteiger partial charge in [-0.3, -0.25) is 4.68 Å². The lowest BCUT2D eigenvalue weighted by atomic mass is 10.2. The summed E-state index contributed by atoms with van der Waals surface area (Å²) in [5.74, 6) is -0.543. The van der Waals surface area contributed by atoms with E-state index in [9.17, 15) is 4.79 Å². The zero-order valence-corrected chi connectivity index (χ0v) is 8.86. The van der Waals surface area contributed by atoms with Gasteiger partial charge in [0.1, 0.15) is 0 Å². The number of carboxylic acids is 1. The van der Waals surface area contributed by atoms with Gasteiger partial charge in [0.05, 0.1) is 18.9 Å². The Kier molecular flexibility index (Phi) is 2.48. The van der Waals surface area contributed by atoms with E-state index >= 15 is 0 Å². The number of aromatic nitrogens is 2. The van der Waals surface area contributed by atoms with E-state index in [4.69, 9.17) is 9.84 Å². The lowest BCUT2D eigenvalue weighted by Gasteiger charge is -2.08. The molecule has 1 aliphatic heterocycles. The number of carbonyl (C=O) groups is 1. The molecule has 0 radical (unpaired) electrons. The van der Waals surface area contributed by atoms with Gasteiger partial charge in [0.25, 0.3) is 0 Å². The fourth-order valence-electron chi connectivity index (χ4n) is 1.78. The highest BCUT2D eigenvalue weighted by Gasteiger charge is 2.26. The number of nitrogens with zero attached hydrogens (tertiary/aromatic N) is 2. The Labute approximate surface area is 87.7 Å². The summed E-state index contributed by atoms with van der Waals surface area (Å²) < 4.78 is 6.75. The smallest absolute Gasteiger partial charge is 0.354 e. The first-order chi connectivity index (χ1) is 7.09.